The summed E-state index contributed by atoms with van der Waals surface area (Å²) in [4.78, 5) is 0. The number of nitrogens with two attached hydrogens (primary N) is 1. The van der Waals surface area contributed by atoms with Gasteiger partial charge < -0.3 is 15.0 Å². The van der Waals surface area contributed by atoms with Crippen molar-refractivity contribution in [1.82, 2.24) is 5.16 Å². The summed E-state index contributed by atoms with van der Waals surface area (Å²) >= 11 is 0. The largest absolute Gasteiger partial charge is 0.470 e. The molecule has 0 aliphatic carbocycles. The van der Waals surface area contributed by atoms with Crippen LogP contribution in [0, 0.1) is 17.1 Å². The number of benzene rings is 1. The van der Waals surface area contributed by atoms with Crippen molar-refractivity contribution in [3.63, 3.8) is 0 Å². The zero-order valence-corrected chi connectivity index (χ0v) is 8.68. The van der Waals surface area contributed by atoms with Crippen molar-refractivity contribution in [1.29, 1.82) is 5.26 Å². The highest BCUT2D eigenvalue weighted by atomic mass is 19.1. The van der Waals surface area contributed by atoms with E-state index >= 15 is 0 Å². The number of halogens is 1. The molecule has 0 atom stereocenters. The lowest BCUT2D eigenvalue weighted by Crippen LogP contribution is -1.97. The molecule has 0 unspecified atom stereocenters. The zero-order chi connectivity index (χ0) is 12.3. The average molecular weight is 233 g/mol. The van der Waals surface area contributed by atoms with Gasteiger partial charge in [-0.25, -0.2) is 4.39 Å². The first-order valence-corrected chi connectivity index (χ1v) is 4.73. The Labute approximate surface area is 96.2 Å². The van der Waals surface area contributed by atoms with Gasteiger partial charge in [-0.05, 0) is 22.9 Å². The van der Waals surface area contributed by atoms with Gasteiger partial charge in [-0.3, -0.25) is 0 Å². The summed E-state index contributed by atoms with van der Waals surface area (Å²) in [5.41, 5.74) is 6.17. The molecule has 0 radical (unpaired) electrons. The van der Waals surface area contributed by atoms with Crippen molar-refractivity contribution in [2.45, 2.75) is 6.61 Å². The molecule has 0 aliphatic rings. The van der Waals surface area contributed by atoms with Gasteiger partial charge in [-0.2, -0.15) is 5.26 Å². The minimum Gasteiger partial charge on any atom is -0.470 e. The molecule has 17 heavy (non-hydrogen) atoms. The van der Waals surface area contributed by atoms with E-state index in [4.69, 9.17) is 15.7 Å². The van der Waals surface area contributed by atoms with Crippen LogP contribution in [-0.2, 0) is 6.61 Å². The van der Waals surface area contributed by atoms with E-state index in [9.17, 15) is 4.39 Å². The summed E-state index contributed by atoms with van der Waals surface area (Å²) in [6, 6.07) is 7.61. The first kappa shape index (κ1) is 11.0. The van der Waals surface area contributed by atoms with E-state index in [1.54, 1.807) is 12.1 Å². The van der Waals surface area contributed by atoms with Crippen molar-refractivity contribution in [2.24, 2.45) is 0 Å². The van der Waals surface area contributed by atoms with E-state index in [0.717, 1.165) is 5.56 Å². The molecule has 2 rings (SSSR count). The Hall–Kier alpha value is -2.55. The average Bonchev–Trinajstić information content (AvgIpc) is 2.69. The summed E-state index contributed by atoms with van der Waals surface area (Å²) < 4.78 is 22.5. The first-order chi connectivity index (χ1) is 8.20. The molecule has 1 heterocycles. The molecule has 1 aromatic carbocycles. The van der Waals surface area contributed by atoms with Gasteiger partial charge in [-0.1, -0.05) is 12.1 Å². The third-order valence-corrected chi connectivity index (χ3v) is 2.09. The molecule has 0 saturated heterocycles. The Bertz CT molecular complexity index is 557. The molecule has 2 N–H and O–H groups in total. The second-order valence-electron chi connectivity index (χ2n) is 3.25. The molecular formula is C11H8FN3O2. The van der Waals surface area contributed by atoms with Crippen LogP contribution in [0.15, 0.2) is 28.8 Å². The van der Waals surface area contributed by atoms with Crippen molar-refractivity contribution >= 4 is 5.88 Å². The number of nitrogens with zero attached hydrogens (tertiary/aromatic N) is 2. The first-order valence-electron chi connectivity index (χ1n) is 4.73. The van der Waals surface area contributed by atoms with E-state index in [1.807, 2.05) is 6.07 Å². The van der Waals surface area contributed by atoms with Crippen LogP contribution in [0.4, 0.5) is 10.3 Å². The van der Waals surface area contributed by atoms with Gasteiger partial charge in [-0.15, -0.1) is 0 Å². The Morgan fingerprint density at radius 3 is 2.76 bits per heavy atom. The molecule has 0 spiro atoms. The molecule has 2 aromatic rings. The molecule has 1 aromatic heterocycles. The maximum atomic E-state index is 12.6. The van der Waals surface area contributed by atoms with Crippen molar-refractivity contribution in [2.75, 3.05) is 5.73 Å². The number of nitriles is 1. The molecule has 0 saturated carbocycles. The topological polar surface area (TPSA) is 85.1 Å². The van der Waals surface area contributed by atoms with Gasteiger partial charge >= 0.3 is 0 Å². The summed E-state index contributed by atoms with van der Waals surface area (Å²) in [5.74, 6) is -0.368. The van der Waals surface area contributed by atoms with Gasteiger partial charge in [0.25, 0.3) is 5.88 Å². The predicted molar refractivity (Wildman–Crippen MR) is 56.4 cm³/mol. The van der Waals surface area contributed by atoms with Crippen LogP contribution in [0.3, 0.4) is 0 Å². The minimum absolute atomic E-state index is 0.0364. The lowest BCUT2D eigenvalue weighted by atomic mass is 10.2. The normalized spacial score (nSPS) is 9.88. The van der Waals surface area contributed by atoms with Gasteiger partial charge in [0.05, 0.1) is 0 Å². The molecule has 6 heteroatoms. The van der Waals surface area contributed by atoms with Crippen molar-refractivity contribution in [3.05, 3.63) is 41.2 Å². The van der Waals surface area contributed by atoms with Gasteiger partial charge in [0.1, 0.15) is 18.5 Å². The molecule has 0 amide bonds. The monoisotopic (exact) mass is 233 g/mol. The van der Waals surface area contributed by atoms with Crippen LogP contribution in [0.25, 0.3) is 0 Å². The van der Waals surface area contributed by atoms with E-state index in [1.165, 1.54) is 12.1 Å². The Morgan fingerprint density at radius 1 is 1.41 bits per heavy atom. The summed E-state index contributed by atoms with van der Waals surface area (Å²) in [5, 5.41) is 12.3. The molecule has 0 fully saturated rings. The van der Waals surface area contributed by atoms with Gasteiger partial charge in [0.15, 0.2) is 5.56 Å². The zero-order valence-electron chi connectivity index (χ0n) is 8.68. The maximum Gasteiger partial charge on any atom is 0.275 e. The van der Waals surface area contributed by atoms with Crippen LogP contribution in [0.5, 0.6) is 5.88 Å². The minimum atomic E-state index is -0.322. The number of anilines is 1. The lowest BCUT2D eigenvalue weighted by molar-refractivity contribution is 0.270. The fourth-order valence-electron chi connectivity index (χ4n) is 1.22. The van der Waals surface area contributed by atoms with Crippen LogP contribution in [-0.4, -0.2) is 5.16 Å². The number of aromatic nitrogens is 1. The SMILES string of the molecule is N#Cc1c(OCc2ccc(F)cc2)noc1N. The maximum absolute atomic E-state index is 12.6. The van der Waals surface area contributed by atoms with Gasteiger partial charge in [0, 0.05) is 0 Å². The molecule has 0 bridgehead atoms. The summed E-state index contributed by atoms with van der Waals surface area (Å²) in [7, 11) is 0. The van der Waals surface area contributed by atoms with E-state index in [0.29, 0.717) is 0 Å². The van der Waals surface area contributed by atoms with Crippen molar-refractivity contribution < 1.29 is 13.7 Å². The number of hydrogen-bond acceptors (Lipinski definition) is 5. The van der Waals surface area contributed by atoms with Crippen LogP contribution < -0.4 is 10.5 Å². The number of hydrogen-bond donors (Lipinski definition) is 1. The lowest BCUT2D eigenvalue weighted by Gasteiger charge is -2.02. The molecular weight excluding hydrogens is 225 g/mol. The quantitative estimate of drug-likeness (QED) is 0.874. The van der Waals surface area contributed by atoms with Gasteiger partial charge in [0.2, 0.25) is 5.88 Å². The Morgan fingerprint density at radius 2 is 2.12 bits per heavy atom. The smallest absolute Gasteiger partial charge is 0.275 e. The number of rotatable bonds is 3. The van der Waals surface area contributed by atoms with E-state index < -0.39 is 0 Å². The third-order valence-electron chi connectivity index (χ3n) is 2.09. The number of nitrogen functional groups attached to an aromatic ring is 1. The molecule has 5 nitrogen and oxygen atoms in total. The summed E-state index contributed by atoms with van der Waals surface area (Å²) in [6.07, 6.45) is 0. The fraction of sp³-hybridized carbons (Fsp3) is 0.0909. The highest BCUT2D eigenvalue weighted by Gasteiger charge is 2.14. The molecule has 0 aliphatic heterocycles. The summed E-state index contributed by atoms with van der Waals surface area (Å²) in [6.45, 7) is 0.154. The Kier molecular flexibility index (Phi) is 2.92. The molecule has 86 valence electrons. The second-order valence-corrected chi connectivity index (χ2v) is 3.25. The Balaban J connectivity index is 2.08. The second kappa shape index (κ2) is 4.53. The van der Waals surface area contributed by atoms with Crippen molar-refractivity contribution in [3.8, 4) is 11.9 Å². The van der Waals surface area contributed by atoms with Crippen LogP contribution in [0.1, 0.15) is 11.1 Å². The highest BCUT2D eigenvalue weighted by Crippen LogP contribution is 2.22. The number of ether oxygens (including phenoxy) is 1. The van der Waals surface area contributed by atoms with Crippen LogP contribution >= 0.6 is 0 Å². The highest BCUT2D eigenvalue weighted by molar-refractivity contribution is 5.51. The van der Waals surface area contributed by atoms with E-state index in [-0.39, 0.29) is 29.8 Å². The fourth-order valence-corrected chi connectivity index (χ4v) is 1.22. The van der Waals surface area contributed by atoms with E-state index in [2.05, 4.69) is 9.68 Å². The van der Waals surface area contributed by atoms with Crippen LogP contribution in [0.2, 0.25) is 0 Å². The third kappa shape index (κ3) is 2.34. The predicted octanol–water partition coefficient (Wildman–Crippen LogP) is 1.85. The standard InChI is InChI=1S/C11H8FN3O2/c12-8-3-1-7(2-4-8)6-16-11-9(5-13)10(14)17-15-11/h1-4H,6,14H2.